The minimum Gasteiger partial charge on any atom is -0.480 e. The average molecular weight is 245 g/mol. The standard InChI is InChI=1S/C10H19N3O4/c1-4-7(2)13(3)10(17)12-5-8(14)11-6-9(15)16/h7H,4-6H2,1-3H3,(H,11,14)(H,12,17)(H,15,16). The van der Waals surface area contributed by atoms with Crippen LogP contribution in [0, 0.1) is 0 Å². The van der Waals surface area contributed by atoms with Gasteiger partial charge in [0.25, 0.3) is 0 Å². The quantitative estimate of drug-likeness (QED) is 0.594. The molecule has 98 valence electrons. The van der Waals surface area contributed by atoms with E-state index in [0.29, 0.717) is 0 Å². The van der Waals surface area contributed by atoms with Gasteiger partial charge in [0.05, 0.1) is 6.54 Å². The number of aliphatic carboxylic acids is 1. The Bertz CT molecular complexity index is 293. The van der Waals surface area contributed by atoms with E-state index in [2.05, 4.69) is 10.6 Å². The predicted molar refractivity (Wildman–Crippen MR) is 61.6 cm³/mol. The molecule has 0 saturated heterocycles. The molecule has 7 nitrogen and oxygen atoms in total. The van der Waals surface area contributed by atoms with Crippen molar-refractivity contribution in [1.82, 2.24) is 15.5 Å². The zero-order valence-corrected chi connectivity index (χ0v) is 10.3. The third-order valence-electron chi connectivity index (χ3n) is 2.41. The minimum absolute atomic E-state index is 0.0806. The fourth-order valence-corrected chi connectivity index (χ4v) is 0.991. The Kier molecular flexibility index (Phi) is 6.69. The van der Waals surface area contributed by atoms with Gasteiger partial charge in [0.1, 0.15) is 6.54 Å². The lowest BCUT2D eigenvalue weighted by molar-refractivity contribution is -0.137. The molecule has 3 N–H and O–H groups in total. The number of carboxylic acids is 1. The molecule has 0 aromatic rings. The third-order valence-corrected chi connectivity index (χ3v) is 2.41. The first-order valence-electron chi connectivity index (χ1n) is 5.37. The lowest BCUT2D eigenvalue weighted by atomic mass is 10.2. The number of amides is 3. The lowest BCUT2D eigenvalue weighted by Crippen LogP contribution is -2.46. The smallest absolute Gasteiger partial charge is 0.322 e. The van der Waals surface area contributed by atoms with E-state index in [4.69, 9.17) is 5.11 Å². The second-order valence-corrected chi connectivity index (χ2v) is 3.70. The van der Waals surface area contributed by atoms with Crippen LogP contribution in [0.4, 0.5) is 4.79 Å². The summed E-state index contributed by atoms with van der Waals surface area (Å²) in [6.07, 6.45) is 0.815. The van der Waals surface area contributed by atoms with Crippen molar-refractivity contribution in [3.8, 4) is 0 Å². The number of rotatable bonds is 6. The maximum Gasteiger partial charge on any atom is 0.322 e. The summed E-state index contributed by atoms with van der Waals surface area (Å²) < 4.78 is 0. The number of urea groups is 1. The van der Waals surface area contributed by atoms with Crippen molar-refractivity contribution in [2.24, 2.45) is 0 Å². The van der Waals surface area contributed by atoms with Gasteiger partial charge >= 0.3 is 12.0 Å². The Balaban J connectivity index is 3.91. The predicted octanol–water partition coefficient (Wildman–Crippen LogP) is -0.373. The van der Waals surface area contributed by atoms with Crippen LogP contribution < -0.4 is 10.6 Å². The molecule has 0 aromatic heterocycles. The van der Waals surface area contributed by atoms with Crippen LogP contribution in [0.2, 0.25) is 0 Å². The number of nitrogens with one attached hydrogen (secondary N) is 2. The summed E-state index contributed by atoms with van der Waals surface area (Å²) in [5.74, 6) is -1.65. The molecule has 0 spiro atoms. The van der Waals surface area contributed by atoms with E-state index in [0.717, 1.165) is 6.42 Å². The Hall–Kier alpha value is -1.79. The second-order valence-electron chi connectivity index (χ2n) is 3.70. The van der Waals surface area contributed by atoms with E-state index in [1.54, 1.807) is 7.05 Å². The summed E-state index contributed by atoms with van der Waals surface area (Å²) in [4.78, 5) is 34.3. The molecule has 0 aliphatic heterocycles. The van der Waals surface area contributed by atoms with Gasteiger partial charge in [-0.3, -0.25) is 9.59 Å². The molecule has 0 bridgehead atoms. The molecule has 0 aliphatic carbocycles. The van der Waals surface area contributed by atoms with E-state index < -0.39 is 18.4 Å². The normalized spacial score (nSPS) is 11.5. The maximum absolute atomic E-state index is 11.5. The van der Waals surface area contributed by atoms with E-state index in [1.807, 2.05) is 13.8 Å². The molecule has 1 atom stereocenters. The van der Waals surface area contributed by atoms with Gasteiger partial charge in [0.2, 0.25) is 5.91 Å². The highest BCUT2D eigenvalue weighted by atomic mass is 16.4. The van der Waals surface area contributed by atoms with Gasteiger partial charge in [-0.25, -0.2) is 4.79 Å². The van der Waals surface area contributed by atoms with E-state index in [-0.39, 0.29) is 18.6 Å². The van der Waals surface area contributed by atoms with Crippen molar-refractivity contribution in [2.75, 3.05) is 20.1 Å². The monoisotopic (exact) mass is 245 g/mol. The van der Waals surface area contributed by atoms with Crippen molar-refractivity contribution >= 4 is 17.9 Å². The van der Waals surface area contributed by atoms with Crippen LogP contribution >= 0.6 is 0 Å². The molecule has 7 heteroatoms. The summed E-state index contributed by atoms with van der Waals surface area (Å²) in [7, 11) is 1.64. The number of carbonyl (C=O) groups excluding carboxylic acids is 2. The van der Waals surface area contributed by atoms with Gasteiger partial charge < -0.3 is 20.6 Å². The highest BCUT2D eigenvalue weighted by Gasteiger charge is 2.14. The van der Waals surface area contributed by atoms with Crippen LogP contribution in [0.15, 0.2) is 0 Å². The highest BCUT2D eigenvalue weighted by molar-refractivity contribution is 5.86. The van der Waals surface area contributed by atoms with Crippen LogP contribution in [0.3, 0.4) is 0 Å². The number of carbonyl (C=O) groups is 3. The molecule has 0 heterocycles. The van der Waals surface area contributed by atoms with Gasteiger partial charge in [-0.05, 0) is 13.3 Å². The van der Waals surface area contributed by atoms with Gasteiger partial charge in [0, 0.05) is 13.1 Å². The number of hydrogen-bond acceptors (Lipinski definition) is 3. The fraction of sp³-hybridized carbons (Fsp3) is 0.700. The van der Waals surface area contributed by atoms with Gasteiger partial charge in [-0.15, -0.1) is 0 Å². The molecule has 0 aliphatic rings. The van der Waals surface area contributed by atoms with Crippen molar-refractivity contribution in [2.45, 2.75) is 26.3 Å². The Morgan fingerprint density at radius 3 is 2.29 bits per heavy atom. The molecule has 0 fully saturated rings. The fourth-order valence-electron chi connectivity index (χ4n) is 0.991. The van der Waals surface area contributed by atoms with Crippen molar-refractivity contribution in [1.29, 1.82) is 0 Å². The number of carboxylic acid groups (broad SMARTS) is 1. The third kappa shape index (κ3) is 6.39. The van der Waals surface area contributed by atoms with Crippen molar-refractivity contribution in [3.05, 3.63) is 0 Å². The van der Waals surface area contributed by atoms with Gasteiger partial charge in [0.15, 0.2) is 0 Å². The van der Waals surface area contributed by atoms with Crippen LogP contribution in [0.5, 0.6) is 0 Å². The topological polar surface area (TPSA) is 98.7 Å². The molecular weight excluding hydrogens is 226 g/mol. The summed E-state index contributed by atoms with van der Waals surface area (Å²) in [5.41, 5.74) is 0. The highest BCUT2D eigenvalue weighted by Crippen LogP contribution is 1.99. The SMILES string of the molecule is CCC(C)N(C)C(=O)NCC(=O)NCC(=O)O. The molecule has 0 saturated carbocycles. The first kappa shape index (κ1) is 15.2. The van der Waals surface area contributed by atoms with Crippen LogP contribution in [0.1, 0.15) is 20.3 Å². The molecule has 0 aromatic carbocycles. The largest absolute Gasteiger partial charge is 0.480 e. The first-order chi connectivity index (χ1) is 7.88. The average Bonchev–Trinajstić information content (AvgIpc) is 2.31. The van der Waals surface area contributed by atoms with Crippen LogP contribution in [-0.4, -0.2) is 54.1 Å². The number of nitrogens with zero attached hydrogens (tertiary/aromatic N) is 1. The molecular formula is C10H19N3O4. The number of hydrogen-bond donors (Lipinski definition) is 3. The van der Waals surface area contributed by atoms with E-state index >= 15 is 0 Å². The summed E-state index contributed by atoms with van der Waals surface area (Å²) in [6, 6.07) is -0.276. The summed E-state index contributed by atoms with van der Waals surface area (Å²) in [5, 5.41) is 12.9. The van der Waals surface area contributed by atoms with Crippen molar-refractivity contribution < 1.29 is 19.5 Å². The van der Waals surface area contributed by atoms with Crippen LogP contribution in [-0.2, 0) is 9.59 Å². The summed E-state index contributed by atoms with van der Waals surface area (Å²) in [6.45, 7) is 3.17. The Morgan fingerprint density at radius 1 is 1.24 bits per heavy atom. The molecule has 1 unspecified atom stereocenters. The van der Waals surface area contributed by atoms with Gasteiger partial charge in [-0.2, -0.15) is 0 Å². The first-order valence-corrected chi connectivity index (χ1v) is 5.37. The Labute approximate surface area is 100 Å². The maximum atomic E-state index is 11.5. The summed E-state index contributed by atoms with van der Waals surface area (Å²) >= 11 is 0. The van der Waals surface area contributed by atoms with Gasteiger partial charge in [-0.1, -0.05) is 6.92 Å². The van der Waals surface area contributed by atoms with Crippen molar-refractivity contribution in [3.63, 3.8) is 0 Å². The Morgan fingerprint density at radius 2 is 1.82 bits per heavy atom. The molecule has 3 amide bonds. The lowest BCUT2D eigenvalue weighted by Gasteiger charge is -2.23. The molecule has 0 rings (SSSR count). The van der Waals surface area contributed by atoms with Crippen LogP contribution in [0.25, 0.3) is 0 Å². The molecule has 17 heavy (non-hydrogen) atoms. The zero-order valence-electron chi connectivity index (χ0n) is 10.3. The minimum atomic E-state index is -1.12. The molecule has 0 radical (unpaired) electrons. The van der Waals surface area contributed by atoms with E-state index in [1.165, 1.54) is 4.90 Å². The van der Waals surface area contributed by atoms with E-state index in [9.17, 15) is 14.4 Å². The second kappa shape index (κ2) is 7.48. The zero-order chi connectivity index (χ0) is 13.4.